The number of rotatable bonds is 6. The molecule has 1 heterocycles. The molecule has 0 radical (unpaired) electrons. The molecule has 0 fully saturated rings. The maximum absolute atomic E-state index is 12.8. The fourth-order valence-corrected chi connectivity index (χ4v) is 5.34. The van der Waals surface area contributed by atoms with Crippen molar-refractivity contribution < 1.29 is 16.8 Å². The largest absolute Gasteiger partial charge is 0.223 e. The Morgan fingerprint density at radius 3 is 2.27 bits per heavy atom. The van der Waals surface area contributed by atoms with Crippen LogP contribution in [0.2, 0.25) is 5.02 Å². The predicted molar refractivity (Wildman–Crippen MR) is 88.5 cm³/mol. The van der Waals surface area contributed by atoms with Crippen LogP contribution in [0, 0.1) is 0 Å². The van der Waals surface area contributed by atoms with Gasteiger partial charge in [-0.05, 0) is 35.7 Å². The van der Waals surface area contributed by atoms with E-state index in [0.29, 0.717) is 9.90 Å². The Hall–Kier alpha value is -0.930. The zero-order chi connectivity index (χ0) is 16.4. The van der Waals surface area contributed by atoms with Gasteiger partial charge in [0.05, 0.1) is 11.2 Å². The van der Waals surface area contributed by atoms with E-state index in [2.05, 4.69) is 4.72 Å². The Kier molecular flexibility index (Phi) is 5.29. The van der Waals surface area contributed by atoms with Crippen molar-refractivity contribution in [1.29, 1.82) is 0 Å². The number of hydrogen-bond donors (Lipinski definition) is 1. The summed E-state index contributed by atoms with van der Waals surface area (Å²) in [7, 11) is -7.23. The minimum absolute atomic E-state index is 0.102. The second kappa shape index (κ2) is 6.67. The lowest BCUT2D eigenvalue weighted by Gasteiger charge is -2.17. The first-order valence-electron chi connectivity index (χ1n) is 6.17. The third-order valence-electron chi connectivity index (χ3n) is 2.91. The fraction of sp³-hybridized carbons (Fsp3) is 0.231. The Bertz CT molecular complexity index is 828. The summed E-state index contributed by atoms with van der Waals surface area (Å²) in [5.41, 5.74) is 0. The molecule has 2 rings (SSSR count). The van der Waals surface area contributed by atoms with E-state index in [9.17, 15) is 16.8 Å². The maximum atomic E-state index is 12.8. The lowest BCUT2D eigenvalue weighted by atomic mass is 10.3. The quantitative estimate of drug-likeness (QED) is 0.836. The lowest BCUT2D eigenvalue weighted by molar-refractivity contribution is 0.572. The molecule has 0 aliphatic rings. The molecule has 0 spiro atoms. The zero-order valence-electron chi connectivity index (χ0n) is 11.6. The number of thiophene rings is 1. The van der Waals surface area contributed by atoms with E-state index in [4.69, 9.17) is 11.6 Å². The van der Waals surface area contributed by atoms with Crippen LogP contribution in [0.3, 0.4) is 0 Å². The number of halogens is 1. The number of nitrogens with one attached hydrogen (secondary N) is 1. The summed E-state index contributed by atoms with van der Waals surface area (Å²) in [6.07, 6.45) is 0.993. The SMILES string of the molecule is CS(=O)(=O)NCC(c1cccs1)S(=O)(=O)c1ccc(Cl)cc1. The van der Waals surface area contributed by atoms with E-state index < -0.39 is 25.1 Å². The van der Waals surface area contributed by atoms with Gasteiger partial charge in [-0.15, -0.1) is 11.3 Å². The summed E-state index contributed by atoms with van der Waals surface area (Å²) >= 11 is 7.04. The van der Waals surface area contributed by atoms with E-state index in [1.807, 2.05) is 0 Å². The van der Waals surface area contributed by atoms with E-state index in [0.717, 1.165) is 6.26 Å². The molecule has 0 saturated heterocycles. The molecule has 1 unspecified atom stereocenters. The van der Waals surface area contributed by atoms with Gasteiger partial charge in [0.25, 0.3) is 0 Å². The maximum Gasteiger partial charge on any atom is 0.208 e. The third kappa shape index (κ3) is 4.30. The Morgan fingerprint density at radius 1 is 1.14 bits per heavy atom. The summed E-state index contributed by atoms with van der Waals surface area (Å²) in [6, 6.07) is 9.21. The van der Waals surface area contributed by atoms with Crippen LogP contribution < -0.4 is 4.72 Å². The van der Waals surface area contributed by atoms with Crippen molar-refractivity contribution in [1.82, 2.24) is 4.72 Å². The van der Waals surface area contributed by atoms with Crippen LogP contribution in [0.15, 0.2) is 46.7 Å². The minimum atomic E-state index is -3.74. The van der Waals surface area contributed by atoms with Gasteiger partial charge in [0.1, 0.15) is 5.25 Å². The first-order valence-corrected chi connectivity index (χ1v) is 10.9. The summed E-state index contributed by atoms with van der Waals surface area (Å²) in [5.74, 6) is 0. The van der Waals surface area contributed by atoms with Gasteiger partial charge in [-0.2, -0.15) is 0 Å². The third-order valence-corrected chi connectivity index (χ3v) is 7.09. The van der Waals surface area contributed by atoms with Crippen molar-refractivity contribution in [2.45, 2.75) is 10.1 Å². The molecule has 2 aromatic rings. The van der Waals surface area contributed by atoms with Crippen molar-refractivity contribution in [3.05, 3.63) is 51.7 Å². The molecule has 0 aliphatic carbocycles. The van der Waals surface area contributed by atoms with Crippen LogP contribution in [0.1, 0.15) is 10.1 Å². The highest BCUT2D eigenvalue weighted by atomic mass is 35.5. The minimum Gasteiger partial charge on any atom is -0.223 e. The molecule has 0 aliphatic heterocycles. The molecule has 1 aromatic carbocycles. The number of hydrogen-bond acceptors (Lipinski definition) is 5. The molecule has 0 saturated carbocycles. The van der Waals surface area contributed by atoms with Crippen LogP contribution >= 0.6 is 22.9 Å². The number of benzene rings is 1. The molecular formula is C13H14ClNO4S3. The standard InChI is InChI=1S/C13H14ClNO4S3/c1-21(16,17)15-9-13(12-3-2-8-20-12)22(18,19)11-6-4-10(14)5-7-11/h2-8,13,15H,9H2,1H3. The van der Waals surface area contributed by atoms with Gasteiger partial charge in [-0.1, -0.05) is 17.7 Å². The number of sulfonamides is 1. The second-order valence-electron chi connectivity index (χ2n) is 4.62. The van der Waals surface area contributed by atoms with Gasteiger partial charge in [0, 0.05) is 16.4 Å². The molecular weight excluding hydrogens is 366 g/mol. The molecule has 22 heavy (non-hydrogen) atoms. The second-order valence-corrected chi connectivity index (χ2v) is 10.0. The summed E-state index contributed by atoms with van der Waals surface area (Å²) in [5, 5.41) is 1.20. The van der Waals surface area contributed by atoms with Crippen molar-refractivity contribution in [2.24, 2.45) is 0 Å². The molecule has 120 valence electrons. The lowest BCUT2D eigenvalue weighted by Crippen LogP contribution is -2.30. The topological polar surface area (TPSA) is 80.3 Å². The van der Waals surface area contributed by atoms with E-state index in [1.54, 1.807) is 17.5 Å². The molecule has 1 atom stereocenters. The average molecular weight is 380 g/mol. The Balaban J connectivity index is 2.41. The summed E-state index contributed by atoms with van der Waals surface area (Å²) in [6.45, 7) is -0.218. The van der Waals surface area contributed by atoms with E-state index in [-0.39, 0.29) is 11.4 Å². The van der Waals surface area contributed by atoms with Crippen molar-refractivity contribution in [3.8, 4) is 0 Å². The first-order chi connectivity index (χ1) is 10.2. The molecule has 1 N–H and O–H groups in total. The molecule has 0 bridgehead atoms. The highest BCUT2D eigenvalue weighted by Crippen LogP contribution is 2.31. The molecule has 9 heteroatoms. The fourth-order valence-electron chi connectivity index (χ4n) is 1.85. The predicted octanol–water partition coefficient (Wildman–Crippen LogP) is 2.47. The van der Waals surface area contributed by atoms with Crippen molar-refractivity contribution in [3.63, 3.8) is 0 Å². The monoisotopic (exact) mass is 379 g/mol. The van der Waals surface area contributed by atoms with Gasteiger partial charge < -0.3 is 0 Å². The van der Waals surface area contributed by atoms with Gasteiger partial charge in [0.2, 0.25) is 10.0 Å². The van der Waals surface area contributed by atoms with Gasteiger partial charge in [0.15, 0.2) is 9.84 Å². The smallest absolute Gasteiger partial charge is 0.208 e. The normalized spacial score (nSPS) is 13.9. The molecule has 5 nitrogen and oxygen atoms in total. The van der Waals surface area contributed by atoms with Crippen molar-refractivity contribution in [2.75, 3.05) is 12.8 Å². The van der Waals surface area contributed by atoms with Crippen LogP contribution in [-0.4, -0.2) is 29.6 Å². The number of sulfone groups is 1. The Labute approximate surface area is 138 Å². The van der Waals surface area contributed by atoms with Crippen LogP contribution in [0.25, 0.3) is 0 Å². The van der Waals surface area contributed by atoms with Crippen LogP contribution in [0.5, 0.6) is 0 Å². The summed E-state index contributed by atoms with van der Waals surface area (Å²) < 4.78 is 50.4. The first kappa shape index (κ1) is 17.4. The van der Waals surface area contributed by atoms with Gasteiger partial charge in [-0.3, -0.25) is 0 Å². The Morgan fingerprint density at radius 2 is 1.77 bits per heavy atom. The van der Waals surface area contributed by atoms with Gasteiger partial charge in [-0.25, -0.2) is 21.6 Å². The highest BCUT2D eigenvalue weighted by molar-refractivity contribution is 7.92. The molecule has 0 amide bonds. The van der Waals surface area contributed by atoms with Gasteiger partial charge >= 0.3 is 0 Å². The van der Waals surface area contributed by atoms with E-state index >= 15 is 0 Å². The highest BCUT2D eigenvalue weighted by Gasteiger charge is 2.30. The van der Waals surface area contributed by atoms with Crippen LogP contribution in [0.4, 0.5) is 0 Å². The zero-order valence-corrected chi connectivity index (χ0v) is 14.8. The van der Waals surface area contributed by atoms with Crippen molar-refractivity contribution >= 4 is 42.8 Å². The van der Waals surface area contributed by atoms with Crippen LogP contribution in [-0.2, 0) is 19.9 Å². The van der Waals surface area contributed by atoms with E-state index in [1.165, 1.54) is 35.6 Å². The summed E-state index contributed by atoms with van der Waals surface area (Å²) in [4.78, 5) is 0.678. The average Bonchev–Trinajstić information content (AvgIpc) is 2.91. The molecule has 1 aromatic heterocycles.